The monoisotopic (exact) mass is 349 g/mol. The third kappa shape index (κ3) is 2.81. The summed E-state index contributed by atoms with van der Waals surface area (Å²) in [4.78, 5) is 11.2. The number of hydrogen-bond acceptors (Lipinski definition) is 4. The second kappa shape index (κ2) is 5.58. The molecule has 1 saturated heterocycles. The predicted molar refractivity (Wildman–Crippen MR) is 70.3 cm³/mol. The van der Waals surface area contributed by atoms with Gasteiger partial charge in [-0.15, -0.1) is 0 Å². The standard InChI is InChI=1S/C11H12BrNO5S/c12-8-3-1-2-4-10(8)19(16,17)13-5-6-18-7-9(13)11(14)15/h1-4,9H,5-7H2,(H,14,15). The number of carboxylic acid groups (broad SMARTS) is 1. The predicted octanol–water partition coefficient (Wildman–Crippen LogP) is 0.923. The molecule has 1 aromatic carbocycles. The zero-order valence-corrected chi connectivity index (χ0v) is 12.2. The number of carboxylic acids is 1. The lowest BCUT2D eigenvalue weighted by atomic mass is 10.3. The van der Waals surface area contributed by atoms with Crippen LogP contribution >= 0.6 is 15.9 Å². The summed E-state index contributed by atoms with van der Waals surface area (Å²) in [6.45, 7) is 0.0765. The maximum atomic E-state index is 12.5. The molecule has 1 aromatic rings. The highest BCUT2D eigenvalue weighted by atomic mass is 79.9. The topological polar surface area (TPSA) is 83.9 Å². The number of morpholine rings is 1. The van der Waals surface area contributed by atoms with Gasteiger partial charge in [0.1, 0.15) is 6.04 Å². The minimum absolute atomic E-state index is 0.0284. The van der Waals surface area contributed by atoms with Crippen LogP contribution in [0.2, 0.25) is 0 Å². The molecule has 0 radical (unpaired) electrons. The van der Waals surface area contributed by atoms with Gasteiger partial charge >= 0.3 is 5.97 Å². The van der Waals surface area contributed by atoms with Gasteiger partial charge in [-0.2, -0.15) is 4.31 Å². The Morgan fingerprint density at radius 3 is 2.74 bits per heavy atom. The van der Waals surface area contributed by atoms with E-state index in [9.17, 15) is 13.2 Å². The number of nitrogens with zero attached hydrogens (tertiary/aromatic N) is 1. The van der Waals surface area contributed by atoms with E-state index in [1.165, 1.54) is 6.07 Å². The Labute approximate surface area is 119 Å². The van der Waals surface area contributed by atoms with Gasteiger partial charge in [-0.1, -0.05) is 12.1 Å². The summed E-state index contributed by atoms with van der Waals surface area (Å²) in [5, 5.41) is 9.09. The van der Waals surface area contributed by atoms with Gasteiger partial charge in [0, 0.05) is 11.0 Å². The molecule has 8 heteroatoms. The van der Waals surface area contributed by atoms with E-state index in [0.717, 1.165) is 4.31 Å². The summed E-state index contributed by atoms with van der Waals surface area (Å²) in [6, 6.07) is 5.13. The molecule has 1 heterocycles. The first-order chi connectivity index (χ1) is 8.94. The first-order valence-electron chi connectivity index (χ1n) is 5.51. The molecule has 1 aliphatic rings. The maximum Gasteiger partial charge on any atom is 0.324 e. The molecule has 1 atom stereocenters. The summed E-state index contributed by atoms with van der Waals surface area (Å²) in [5.74, 6) is -1.21. The van der Waals surface area contributed by atoms with Crippen LogP contribution in [0, 0.1) is 0 Å². The van der Waals surface area contributed by atoms with E-state index in [4.69, 9.17) is 9.84 Å². The highest BCUT2D eigenvalue weighted by Gasteiger charge is 2.38. The summed E-state index contributed by atoms with van der Waals surface area (Å²) >= 11 is 3.17. The molecule has 2 rings (SSSR count). The van der Waals surface area contributed by atoms with Gasteiger partial charge in [0.05, 0.1) is 18.1 Å². The fourth-order valence-electron chi connectivity index (χ4n) is 1.85. The molecule has 104 valence electrons. The van der Waals surface area contributed by atoms with Gasteiger partial charge in [0.2, 0.25) is 10.0 Å². The number of sulfonamides is 1. The van der Waals surface area contributed by atoms with Crippen molar-refractivity contribution in [1.82, 2.24) is 4.31 Å². The zero-order valence-electron chi connectivity index (χ0n) is 9.82. The Morgan fingerprint density at radius 1 is 1.42 bits per heavy atom. The largest absolute Gasteiger partial charge is 0.480 e. The first-order valence-corrected chi connectivity index (χ1v) is 7.75. The summed E-state index contributed by atoms with van der Waals surface area (Å²) in [5.41, 5.74) is 0. The van der Waals surface area contributed by atoms with Crippen LogP contribution in [0.25, 0.3) is 0 Å². The summed E-state index contributed by atoms with van der Waals surface area (Å²) < 4.78 is 31.4. The Morgan fingerprint density at radius 2 is 2.11 bits per heavy atom. The minimum Gasteiger partial charge on any atom is -0.480 e. The van der Waals surface area contributed by atoms with E-state index in [1.807, 2.05) is 0 Å². The quantitative estimate of drug-likeness (QED) is 0.877. The molecule has 0 aliphatic carbocycles. The van der Waals surface area contributed by atoms with E-state index < -0.39 is 22.0 Å². The Kier molecular flexibility index (Phi) is 4.24. The van der Waals surface area contributed by atoms with E-state index in [0.29, 0.717) is 4.47 Å². The van der Waals surface area contributed by atoms with Gasteiger partial charge in [0.25, 0.3) is 0 Å². The van der Waals surface area contributed by atoms with E-state index in [-0.39, 0.29) is 24.7 Å². The molecule has 6 nitrogen and oxygen atoms in total. The first kappa shape index (κ1) is 14.4. The fourth-order valence-corrected chi connectivity index (χ4v) is 4.37. The molecule has 1 N–H and O–H groups in total. The number of hydrogen-bond donors (Lipinski definition) is 1. The van der Waals surface area contributed by atoms with Crippen molar-refractivity contribution < 1.29 is 23.1 Å². The maximum absolute atomic E-state index is 12.5. The zero-order chi connectivity index (χ0) is 14.0. The van der Waals surface area contributed by atoms with Crippen molar-refractivity contribution in [1.29, 1.82) is 0 Å². The van der Waals surface area contributed by atoms with Crippen LogP contribution in [0.15, 0.2) is 33.6 Å². The lowest BCUT2D eigenvalue weighted by molar-refractivity contribution is -0.146. The number of rotatable bonds is 3. The second-order valence-corrected chi connectivity index (χ2v) is 6.69. The summed E-state index contributed by atoms with van der Waals surface area (Å²) in [7, 11) is -3.86. The van der Waals surface area contributed by atoms with Crippen molar-refractivity contribution in [2.24, 2.45) is 0 Å². The molecule has 19 heavy (non-hydrogen) atoms. The second-order valence-electron chi connectivity index (χ2n) is 3.98. The van der Waals surface area contributed by atoms with Gasteiger partial charge < -0.3 is 9.84 Å². The fraction of sp³-hybridized carbons (Fsp3) is 0.364. The molecule has 1 unspecified atom stereocenters. The third-order valence-corrected chi connectivity index (χ3v) is 5.71. The molecule has 0 amide bonds. The van der Waals surface area contributed by atoms with Gasteiger partial charge in [0.15, 0.2) is 0 Å². The minimum atomic E-state index is -3.86. The number of halogens is 1. The van der Waals surface area contributed by atoms with Crippen molar-refractivity contribution in [2.75, 3.05) is 19.8 Å². The smallest absolute Gasteiger partial charge is 0.324 e. The Balaban J connectivity index is 2.43. The van der Waals surface area contributed by atoms with Crippen molar-refractivity contribution in [3.63, 3.8) is 0 Å². The highest BCUT2D eigenvalue weighted by Crippen LogP contribution is 2.27. The number of aliphatic carboxylic acids is 1. The van der Waals surface area contributed by atoms with E-state index in [2.05, 4.69) is 15.9 Å². The van der Waals surface area contributed by atoms with Crippen LogP contribution in [0.1, 0.15) is 0 Å². The SMILES string of the molecule is O=C(O)C1COCCN1S(=O)(=O)c1ccccc1Br. The molecular formula is C11H12BrNO5S. The summed E-state index contributed by atoms with van der Waals surface area (Å²) in [6.07, 6.45) is 0. The van der Waals surface area contributed by atoms with Gasteiger partial charge in [-0.25, -0.2) is 8.42 Å². The van der Waals surface area contributed by atoms with Crippen LogP contribution in [-0.4, -0.2) is 49.6 Å². The average Bonchev–Trinajstić information content (AvgIpc) is 2.39. The molecule has 1 fully saturated rings. The molecule has 0 spiro atoms. The molecular weight excluding hydrogens is 338 g/mol. The van der Waals surface area contributed by atoms with E-state index >= 15 is 0 Å². The lowest BCUT2D eigenvalue weighted by Gasteiger charge is -2.32. The molecule has 1 aliphatic heterocycles. The lowest BCUT2D eigenvalue weighted by Crippen LogP contribution is -2.52. The Bertz CT molecular complexity index is 589. The van der Waals surface area contributed by atoms with Crippen LogP contribution < -0.4 is 0 Å². The van der Waals surface area contributed by atoms with Gasteiger partial charge in [-0.05, 0) is 28.1 Å². The van der Waals surface area contributed by atoms with Crippen molar-refractivity contribution in [2.45, 2.75) is 10.9 Å². The average molecular weight is 350 g/mol. The Hall–Kier alpha value is -0.960. The van der Waals surface area contributed by atoms with Crippen LogP contribution in [-0.2, 0) is 19.6 Å². The highest BCUT2D eigenvalue weighted by molar-refractivity contribution is 9.10. The molecule has 0 bridgehead atoms. The van der Waals surface area contributed by atoms with Crippen molar-refractivity contribution in [3.05, 3.63) is 28.7 Å². The van der Waals surface area contributed by atoms with Crippen LogP contribution in [0.4, 0.5) is 0 Å². The van der Waals surface area contributed by atoms with Gasteiger partial charge in [-0.3, -0.25) is 4.79 Å². The third-order valence-electron chi connectivity index (χ3n) is 2.79. The number of carbonyl (C=O) groups is 1. The van der Waals surface area contributed by atoms with Crippen LogP contribution in [0.3, 0.4) is 0 Å². The van der Waals surface area contributed by atoms with E-state index in [1.54, 1.807) is 18.2 Å². The van der Waals surface area contributed by atoms with Crippen molar-refractivity contribution in [3.8, 4) is 0 Å². The number of benzene rings is 1. The molecule has 0 aromatic heterocycles. The van der Waals surface area contributed by atoms with Crippen molar-refractivity contribution >= 4 is 31.9 Å². The molecule has 0 saturated carbocycles. The normalized spacial score (nSPS) is 21.2. The van der Waals surface area contributed by atoms with Crippen LogP contribution in [0.5, 0.6) is 0 Å². The number of ether oxygens (including phenoxy) is 1.